The van der Waals surface area contributed by atoms with Crippen LogP contribution in [0.5, 0.6) is 11.5 Å². The molecular formula is C17H20N4O4S. The van der Waals surface area contributed by atoms with Gasteiger partial charge in [0.05, 0.1) is 0 Å². The molecule has 1 aliphatic heterocycles. The van der Waals surface area contributed by atoms with Crippen LogP contribution in [0.2, 0.25) is 0 Å². The minimum absolute atomic E-state index is 0.0000681. The fourth-order valence-electron chi connectivity index (χ4n) is 2.73. The Bertz CT molecular complexity index is 802. The standard InChI is InChI=1S/C17H20N4O4S/c18-16(23)21-15-13(25-17(24)20-10-4-3-7-19-9-10)8-14(26-15)11-5-1-2-6-12(11)22/h1-2,5-6,8,10,19,22H,3-4,7,9H2,(H,20,24)(H3,18,21,23)/t10-/m0/s1. The number of anilines is 1. The first-order chi connectivity index (χ1) is 12.5. The van der Waals surface area contributed by atoms with Crippen LogP contribution >= 0.6 is 11.3 Å². The van der Waals surface area contributed by atoms with Gasteiger partial charge in [0.1, 0.15) is 10.8 Å². The van der Waals surface area contributed by atoms with Crippen LogP contribution in [0.1, 0.15) is 12.8 Å². The second-order valence-electron chi connectivity index (χ2n) is 5.89. The van der Waals surface area contributed by atoms with Crippen LogP contribution in [-0.4, -0.2) is 36.4 Å². The van der Waals surface area contributed by atoms with Gasteiger partial charge in [-0.25, -0.2) is 9.59 Å². The lowest BCUT2D eigenvalue weighted by molar-refractivity contribution is 0.193. The fourth-order valence-corrected chi connectivity index (χ4v) is 3.76. The third-order valence-corrected chi connectivity index (χ3v) is 4.99. The molecule has 1 aliphatic rings. The van der Waals surface area contributed by atoms with Crippen molar-refractivity contribution in [1.82, 2.24) is 10.6 Å². The van der Waals surface area contributed by atoms with E-state index in [1.54, 1.807) is 30.3 Å². The van der Waals surface area contributed by atoms with Crippen LogP contribution in [0.15, 0.2) is 30.3 Å². The molecule has 0 saturated carbocycles. The van der Waals surface area contributed by atoms with Crippen molar-refractivity contribution in [2.75, 3.05) is 18.4 Å². The number of carbonyl (C=O) groups excluding carboxylic acids is 2. The van der Waals surface area contributed by atoms with Crippen LogP contribution in [-0.2, 0) is 0 Å². The van der Waals surface area contributed by atoms with Gasteiger partial charge >= 0.3 is 12.1 Å². The first-order valence-corrected chi connectivity index (χ1v) is 9.02. The Balaban J connectivity index is 1.79. The van der Waals surface area contributed by atoms with E-state index in [9.17, 15) is 14.7 Å². The van der Waals surface area contributed by atoms with Gasteiger partial charge in [0, 0.05) is 29.1 Å². The zero-order valence-corrected chi connectivity index (χ0v) is 14.8. The van der Waals surface area contributed by atoms with Gasteiger partial charge in [0.25, 0.3) is 0 Å². The zero-order valence-electron chi connectivity index (χ0n) is 14.0. The Labute approximate surface area is 154 Å². The van der Waals surface area contributed by atoms with Crippen molar-refractivity contribution < 1.29 is 19.4 Å². The summed E-state index contributed by atoms with van der Waals surface area (Å²) in [6.45, 7) is 1.63. The van der Waals surface area contributed by atoms with Crippen LogP contribution in [0.4, 0.5) is 14.6 Å². The molecule has 26 heavy (non-hydrogen) atoms. The number of rotatable bonds is 4. The summed E-state index contributed by atoms with van der Waals surface area (Å²) in [6, 6.07) is 7.59. The lowest BCUT2D eigenvalue weighted by Gasteiger charge is -2.23. The molecule has 138 valence electrons. The molecule has 1 fully saturated rings. The van der Waals surface area contributed by atoms with Gasteiger partial charge in [-0.15, -0.1) is 11.3 Å². The summed E-state index contributed by atoms with van der Waals surface area (Å²) in [7, 11) is 0. The maximum absolute atomic E-state index is 12.2. The van der Waals surface area contributed by atoms with E-state index < -0.39 is 12.1 Å². The molecule has 0 radical (unpaired) electrons. The van der Waals surface area contributed by atoms with Crippen LogP contribution in [0, 0.1) is 0 Å². The van der Waals surface area contributed by atoms with Crippen molar-refractivity contribution >= 4 is 28.5 Å². The van der Waals surface area contributed by atoms with E-state index >= 15 is 0 Å². The third kappa shape index (κ3) is 4.44. The highest BCUT2D eigenvalue weighted by atomic mass is 32.1. The number of hydrogen-bond donors (Lipinski definition) is 5. The molecule has 0 spiro atoms. The van der Waals surface area contributed by atoms with Crippen molar-refractivity contribution in [2.24, 2.45) is 5.73 Å². The van der Waals surface area contributed by atoms with Crippen molar-refractivity contribution in [3.63, 3.8) is 0 Å². The van der Waals surface area contributed by atoms with E-state index in [1.165, 1.54) is 0 Å². The number of hydrogen-bond acceptors (Lipinski definition) is 6. The molecule has 2 aromatic rings. The number of thiophene rings is 1. The third-order valence-electron chi connectivity index (χ3n) is 3.93. The number of para-hydroxylation sites is 1. The number of nitrogens with two attached hydrogens (primary N) is 1. The molecule has 3 amide bonds. The van der Waals surface area contributed by atoms with Gasteiger partial charge in [-0.1, -0.05) is 12.1 Å². The first kappa shape index (κ1) is 18.0. The molecule has 8 nitrogen and oxygen atoms in total. The van der Waals surface area contributed by atoms with Crippen molar-refractivity contribution in [3.05, 3.63) is 30.3 Å². The van der Waals surface area contributed by atoms with Gasteiger partial charge in [-0.2, -0.15) is 0 Å². The first-order valence-electron chi connectivity index (χ1n) is 8.20. The van der Waals surface area contributed by atoms with E-state index in [-0.39, 0.29) is 17.5 Å². The number of benzene rings is 1. The average molecular weight is 376 g/mol. The van der Waals surface area contributed by atoms with Gasteiger partial charge in [0.15, 0.2) is 5.75 Å². The van der Waals surface area contributed by atoms with Crippen molar-refractivity contribution in [3.8, 4) is 21.9 Å². The van der Waals surface area contributed by atoms with Gasteiger partial charge < -0.3 is 26.2 Å². The number of piperidine rings is 1. The van der Waals surface area contributed by atoms with Gasteiger partial charge in [0.2, 0.25) is 0 Å². The van der Waals surface area contributed by atoms with Gasteiger partial charge in [-0.3, -0.25) is 5.32 Å². The van der Waals surface area contributed by atoms with Crippen molar-refractivity contribution in [2.45, 2.75) is 18.9 Å². The largest absolute Gasteiger partial charge is 0.507 e. The minimum atomic E-state index is -0.766. The van der Waals surface area contributed by atoms with Crippen LogP contribution in [0.3, 0.4) is 0 Å². The molecule has 1 aromatic carbocycles. The lowest BCUT2D eigenvalue weighted by Crippen LogP contribution is -2.46. The maximum Gasteiger partial charge on any atom is 0.412 e. The van der Waals surface area contributed by atoms with E-state index in [2.05, 4.69) is 16.0 Å². The van der Waals surface area contributed by atoms with Gasteiger partial charge in [-0.05, 0) is 31.5 Å². The molecule has 2 heterocycles. The molecular weight excluding hydrogens is 356 g/mol. The fraction of sp³-hybridized carbons (Fsp3) is 0.294. The highest BCUT2D eigenvalue weighted by Gasteiger charge is 2.20. The molecule has 3 rings (SSSR count). The predicted octanol–water partition coefficient (Wildman–Crippen LogP) is 2.45. The Morgan fingerprint density at radius 3 is 2.85 bits per heavy atom. The number of primary amides is 1. The molecule has 0 bridgehead atoms. The second-order valence-corrected chi connectivity index (χ2v) is 6.94. The Morgan fingerprint density at radius 2 is 2.15 bits per heavy atom. The number of amides is 3. The number of nitrogens with one attached hydrogen (secondary N) is 3. The summed E-state index contributed by atoms with van der Waals surface area (Å²) < 4.78 is 5.37. The average Bonchev–Trinajstić information content (AvgIpc) is 2.97. The predicted molar refractivity (Wildman–Crippen MR) is 99.7 cm³/mol. The van der Waals surface area contributed by atoms with Crippen LogP contribution in [0.25, 0.3) is 10.4 Å². The molecule has 0 aliphatic carbocycles. The second kappa shape index (κ2) is 8.07. The monoisotopic (exact) mass is 376 g/mol. The maximum atomic E-state index is 12.2. The minimum Gasteiger partial charge on any atom is -0.507 e. The summed E-state index contributed by atoms with van der Waals surface area (Å²) in [5.74, 6) is 0.261. The molecule has 9 heteroatoms. The highest BCUT2D eigenvalue weighted by molar-refractivity contribution is 7.20. The van der Waals surface area contributed by atoms with E-state index in [0.717, 1.165) is 30.7 Å². The normalized spacial score (nSPS) is 16.7. The quantitative estimate of drug-likeness (QED) is 0.560. The van der Waals surface area contributed by atoms with Crippen molar-refractivity contribution in [1.29, 1.82) is 0 Å². The number of phenols is 1. The number of carbonyl (C=O) groups is 2. The Kier molecular flexibility index (Phi) is 5.59. The number of ether oxygens (including phenoxy) is 1. The highest BCUT2D eigenvalue weighted by Crippen LogP contribution is 2.43. The lowest BCUT2D eigenvalue weighted by atomic mass is 10.1. The number of phenolic OH excluding ortho intramolecular Hbond substituents is 1. The summed E-state index contributed by atoms with van der Waals surface area (Å²) in [6.07, 6.45) is 1.25. The van der Waals surface area contributed by atoms with Crippen LogP contribution < -0.4 is 26.4 Å². The number of urea groups is 1. The van der Waals surface area contributed by atoms with E-state index in [1.807, 2.05) is 0 Å². The molecule has 0 unspecified atom stereocenters. The summed E-state index contributed by atoms with van der Waals surface area (Å²) in [4.78, 5) is 24.1. The molecule has 1 atom stereocenters. The molecule has 1 saturated heterocycles. The van der Waals surface area contributed by atoms with E-state index in [0.29, 0.717) is 22.0 Å². The Hall–Kier alpha value is -2.78. The smallest absolute Gasteiger partial charge is 0.412 e. The SMILES string of the molecule is NC(=O)Nc1sc(-c2ccccc2O)cc1OC(=O)N[C@H]1CCCNC1. The summed E-state index contributed by atoms with van der Waals surface area (Å²) >= 11 is 1.15. The topological polar surface area (TPSA) is 126 Å². The summed E-state index contributed by atoms with van der Waals surface area (Å²) in [5, 5.41) is 18.8. The summed E-state index contributed by atoms with van der Waals surface area (Å²) in [5.41, 5.74) is 5.76. The molecule has 1 aromatic heterocycles. The zero-order chi connectivity index (χ0) is 18.5. The Morgan fingerprint density at radius 1 is 1.35 bits per heavy atom. The van der Waals surface area contributed by atoms with E-state index in [4.69, 9.17) is 10.5 Å². The molecule has 6 N–H and O–H groups in total. The number of aromatic hydroxyl groups is 1.